The molecule has 3 aromatic carbocycles. The van der Waals surface area contributed by atoms with Crippen molar-refractivity contribution in [2.45, 2.75) is 58.0 Å². The molecular formula is C30H36ClN3O4S. The Labute approximate surface area is 236 Å². The van der Waals surface area contributed by atoms with Crippen molar-refractivity contribution in [2.75, 3.05) is 17.4 Å². The van der Waals surface area contributed by atoms with Crippen LogP contribution in [-0.4, -0.2) is 44.3 Å². The lowest BCUT2D eigenvalue weighted by Crippen LogP contribution is -2.52. The summed E-state index contributed by atoms with van der Waals surface area (Å²) in [7, 11) is -4.14. The Hall–Kier alpha value is -3.36. The number of aryl methyl sites for hydroxylation is 2. The van der Waals surface area contributed by atoms with Gasteiger partial charge in [0.2, 0.25) is 11.8 Å². The summed E-state index contributed by atoms with van der Waals surface area (Å²) in [6.07, 6.45) is 1.13. The molecule has 0 aliphatic carbocycles. The van der Waals surface area contributed by atoms with E-state index in [1.165, 1.54) is 29.2 Å². The van der Waals surface area contributed by atoms with E-state index in [0.717, 1.165) is 21.9 Å². The van der Waals surface area contributed by atoms with Crippen LogP contribution < -0.4 is 9.62 Å². The van der Waals surface area contributed by atoms with Gasteiger partial charge < -0.3 is 10.2 Å². The molecule has 9 heteroatoms. The number of rotatable bonds is 12. The van der Waals surface area contributed by atoms with Crippen LogP contribution in [0, 0.1) is 13.8 Å². The van der Waals surface area contributed by atoms with Gasteiger partial charge in [-0.2, -0.15) is 0 Å². The zero-order valence-electron chi connectivity index (χ0n) is 22.9. The van der Waals surface area contributed by atoms with Crippen molar-refractivity contribution in [3.05, 3.63) is 94.5 Å². The van der Waals surface area contributed by atoms with Crippen molar-refractivity contribution in [2.24, 2.45) is 0 Å². The highest BCUT2D eigenvalue weighted by molar-refractivity contribution is 7.92. The molecule has 2 amide bonds. The Morgan fingerprint density at radius 2 is 1.64 bits per heavy atom. The molecule has 0 spiro atoms. The molecule has 1 atom stereocenters. The Morgan fingerprint density at radius 3 is 2.26 bits per heavy atom. The average Bonchev–Trinajstić information content (AvgIpc) is 2.91. The van der Waals surface area contributed by atoms with Crippen LogP contribution in [0.1, 0.15) is 43.4 Å². The lowest BCUT2D eigenvalue weighted by atomic mass is 10.1. The minimum Gasteiger partial charge on any atom is -0.354 e. The third kappa shape index (κ3) is 7.61. The largest absolute Gasteiger partial charge is 0.354 e. The molecule has 0 fully saturated rings. The molecular weight excluding hydrogens is 534 g/mol. The molecule has 7 nitrogen and oxygen atoms in total. The molecule has 0 heterocycles. The molecule has 0 bridgehead atoms. The number of hydrogen-bond donors (Lipinski definition) is 1. The quantitative estimate of drug-likeness (QED) is 0.313. The summed E-state index contributed by atoms with van der Waals surface area (Å²) in [4.78, 5) is 28.7. The first-order valence-corrected chi connectivity index (χ1v) is 14.9. The molecule has 0 radical (unpaired) electrons. The van der Waals surface area contributed by atoms with E-state index >= 15 is 0 Å². The van der Waals surface area contributed by atoms with E-state index in [0.29, 0.717) is 29.2 Å². The van der Waals surface area contributed by atoms with Gasteiger partial charge in [-0.25, -0.2) is 8.42 Å². The second-order valence-corrected chi connectivity index (χ2v) is 11.8. The standard InChI is InChI=1S/C30H36ClN3O4S/c1-5-18-32-30(36)27(6-2)33(20-24-12-9-10-22(3)19-24)29(35)21-34(28-13-8-7-11-23(28)4)39(37,38)26-16-14-25(31)15-17-26/h7-17,19,27H,5-6,18,20-21H2,1-4H3,(H,32,36)/t27-/m1/s1. The predicted octanol–water partition coefficient (Wildman–Crippen LogP) is 5.49. The van der Waals surface area contributed by atoms with Gasteiger partial charge in [0.05, 0.1) is 10.6 Å². The van der Waals surface area contributed by atoms with Crippen molar-refractivity contribution in [1.82, 2.24) is 10.2 Å². The van der Waals surface area contributed by atoms with Gasteiger partial charge in [-0.15, -0.1) is 0 Å². The van der Waals surface area contributed by atoms with E-state index in [-0.39, 0.29) is 17.3 Å². The van der Waals surface area contributed by atoms with E-state index in [1.54, 1.807) is 25.1 Å². The van der Waals surface area contributed by atoms with Crippen LogP contribution >= 0.6 is 11.6 Å². The maximum absolute atomic E-state index is 14.1. The average molecular weight is 570 g/mol. The number of para-hydroxylation sites is 1. The smallest absolute Gasteiger partial charge is 0.264 e. The number of carbonyl (C=O) groups excluding carboxylic acids is 2. The fraction of sp³-hybridized carbons (Fsp3) is 0.333. The van der Waals surface area contributed by atoms with Crippen LogP contribution in [0.5, 0.6) is 0 Å². The summed E-state index contributed by atoms with van der Waals surface area (Å²) in [5, 5.41) is 3.30. The Kier molecular flexibility index (Phi) is 10.5. The van der Waals surface area contributed by atoms with Crippen LogP contribution in [-0.2, 0) is 26.2 Å². The number of nitrogens with one attached hydrogen (secondary N) is 1. The van der Waals surface area contributed by atoms with Gasteiger partial charge in [-0.05, 0) is 68.1 Å². The summed E-state index contributed by atoms with van der Waals surface area (Å²) in [5.41, 5.74) is 2.96. The Balaban J connectivity index is 2.06. The number of nitrogens with zero attached hydrogens (tertiary/aromatic N) is 2. The lowest BCUT2D eigenvalue weighted by Gasteiger charge is -2.33. The summed E-state index contributed by atoms with van der Waals surface area (Å²) in [6, 6.07) is 19.8. The maximum atomic E-state index is 14.1. The number of anilines is 1. The van der Waals surface area contributed by atoms with Crippen molar-refractivity contribution in [3.8, 4) is 0 Å². The molecule has 0 saturated carbocycles. The second kappa shape index (κ2) is 13.6. The molecule has 0 saturated heterocycles. The molecule has 1 N–H and O–H groups in total. The van der Waals surface area contributed by atoms with Crippen molar-refractivity contribution in [1.29, 1.82) is 0 Å². The van der Waals surface area contributed by atoms with Crippen molar-refractivity contribution >= 4 is 39.1 Å². The summed E-state index contributed by atoms with van der Waals surface area (Å²) in [5.74, 6) is -0.737. The van der Waals surface area contributed by atoms with Crippen LogP contribution in [0.2, 0.25) is 5.02 Å². The van der Waals surface area contributed by atoms with Crippen LogP contribution in [0.15, 0.2) is 77.7 Å². The number of sulfonamides is 1. The van der Waals surface area contributed by atoms with E-state index < -0.39 is 28.5 Å². The molecule has 39 heavy (non-hydrogen) atoms. The molecule has 0 aromatic heterocycles. The van der Waals surface area contributed by atoms with E-state index in [9.17, 15) is 18.0 Å². The minimum absolute atomic E-state index is 0.0147. The highest BCUT2D eigenvalue weighted by Gasteiger charge is 2.34. The Morgan fingerprint density at radius 1 is 0.949 bits per heavy atom. The molecule has 0 aliphatic rings. The predicted molar refractivity (Wildman–Crippen MR) is 156 cm³/mol. The van der Waals surface area contributed by atoms with Crippen LogP contribution in [0.4, 0.5) is 5.69 Å². The number of carbonyl (C=O) groups is 2. The lowest BCUT2D eigenvalue weighted by molar-refractivity contribution is -0.140. The van der Waals surface area contributed by atoms with Gasteiger partial charge in [0.1, 0.15) is 12.6 Å². The van der Waals surface area contributed by atoms with Crippen molar-refractivity contribution in [3.63, 3.8) is 0 Å². The zero-order chi connectivity index (χ0) is 28.6. The third-order valence-electron chi connectivity index (χ3n) is 6.44. The maximum Gasteiger partial charge on any atom is 0.264 e. The normalized spacial score (nSPS) is 12.0. The fourth-order valence-corrected chi connectivity index (χ4v) is 5.99. The second-order valence-electron chi connectivity index (χ2n) is 9.48. The molecule has 3 rings (SSSR count). The van der Waals surface area contributed by atoms with Crippen LogP contribution in [0.25, 0.3) is 0 Å². The first-order valence-electron chi connectivity index (χ1n) is 13.0. The van der Waals surface area contributed by atoms with Gasteiger partial charge in [-0.1, -0.05) is 73.5 Å². The SMILES string of the molecule is CCCNC(=O)[C@@H](CC)N(Cc1cccc(C)c1)C(=O)CN(c1ccccc1C)S(=O)(=O)c1ccc(Cl)cc1. The fourth-order valence-electron chi connectivity index (χ4n) is 4.38. The van der Waals surface area contributed by atoms with Gasteiger partial charge in [-0.3, -0.25) is 13.9 Å². The molecule has 0 unspecified atom stereocenters. The monoisotopic (exact) mass is 569 g/mol. The highest BCUT2D eigenvalue weighted by atomic mass is 35.5. The van der Waals surface area contributed by atoms with E-state index in [4.69, 9.17) is 11.6 Å². The number of hydrogen-bond acceptors (Lipinski definition) is 4. The van der Waals surface area contributed by atoms with Gasteiger partial charge in [0, 0.05) is 18.1 Å². The minimum atomic E-state index is -4.14. The molecule has 0 aliphatic heterocycles. The van der Waals surface area contributed by atoms with E-state index in [2.05, 4.69) is 5.32 Å². The topological polar surface area (TPSA) is 86.8 Å². The highest BCUT2D eigenvalue weighted by Crippen LogP contribution is 2.28. The van der Waals surface area contributed by atoms with Crippen LogP contribution in [0.3, 0.4) is 0 Å². The van der Waals surface area contributed by atoms with E-state index in [1.807, 2.05) is 51.1 Å². The number of halogens is 1. The Bertz CT molecular complexity index is 1390. The first-order chi connectivity index (χ1) is 18.6. The molecule has 208 valence electrons. The summed E-state index contributed by atoms with van der Waals surface area (Å²) >= 11 is 6.01. The summed E-state index contributed by atoms with van der Waals surface area (Å²) < 4.78 is 28.9. The first kappa shape index (κ1) is 30.2. The third-order valence-corrected chi connectivity index (χ3v) is 8.46. The van der Waals surface area contributed by atoms with Gasteiger partial charge in [0.15, 0.2) is 0 Å². The van der Waals surface area contributed by atoms with Gasteiger partial charge in [0.25, 0.3) is 10.0 Å². The van der Waals surface area contributed by atoms with Gasteiger partial charge >= 0.3 is 0 Å². The number of benzene rings is 3. The zero-order valence-corrected chi connectivity index (χ0v) is 24.4. The molecule has 3 aromatic rings. The van der Waals surface area contributed by atoms with Crippen molar-refractivity contribution < 1.29 is 18.0 Å². The number of amides is 2. The summed E-state index contributed by atoms with van der Waals surface area (Å²) in [6.45, 7) is 7.73.